The van der Waals surface area contributed by atoms with E-state index in [1.54, 1.807) is 16.8 Å². The van der Waals surface area contributed by atoms with Crippen molar-refractivity contribution in [3.63, 3.8) is 0 Å². The maximum Gasteiger partial charge on any atom is 0.323 e. The quantitative estimate of drug-likeness (QED) is 0.540. The molecule has 2 aromatic heterocycles. The predicted molar refractivity (Wildman–Crippen MR) is 77.6 cm³/mol. The van der Waals surface area contributed by atoms with E-state index in [0.717, 1.165) is 10.6 Å². The molecule has 20 heavy (non-hydrogen) atoms. The lowest BCUT2D eigenvalue weighted by atomic mass is 10.4. The summed E-state index contributed by atoms with van der Waals surface area (Å²) in [5.41, 5.74) is 5.19. The number of aromatic nitrogens is 4. The minimum atomic E-state index is -0.0281. The lowest BCUT2D eigenvalue weighted by Gasteiger charge is -2.10. The van der Waals surface area contributed by atoms with Crippen LogP contribution >= 0.6 is 11.3 Å². The van der Waals surface area contributed by atoms with Crippen molar-refractivity contribution in [1.82, 2.24) is 19.9 Å². The predicted octanol–water partition coefficient (Wildman–Crippen LogP) is 1.32. The van der Waals surface area contributed by atoms with Crippen LogP contribution in [-0.4, -0.2) is 26.0 Å². The number of hydrogen-bond donors (Lipinski definition) is 3. The average Bonchev–Trinajstić information content (AvgIpc) is 2.81. The van der Waals surface area contributed by atoms with E-state index >= 15 is 0 Å². The monoisotopic (exact) mass is 295 g/mol. The van der Waals surface area contributed by atoms with E-state index in [1.165, 1.54) is 0 Å². The first-order valence-corrected chi connectivity index (χ1v) is 6.98. The Morgan fingerprint density at radius 3 is 2.65 bits per heavy atom. The van der Waals surface area contributed by atoms with Crippen molar-refractivity contribution < 1.29 is 4.74 Å². The molecule has 0 aliphatic rings. The molecule has 2 rings (SSSR count). The molecule has 0 saturated carbocycles. The molecule has 2 aromatic rings. The molecule has 0 aliphatic heterocycles. The van der Waals surface area contributed by atoms with Crippen LogP contribution < -0.4 is 21.3 Å². The van der Waals surface area contributed by atoms with Gasteiger partial charge in [-0.25, -0.2) is 10.8 Å². The molecule has 2 heterocycles. The van der Waals surface area contributed by atoms with Gasteiger partial charge in [-0.05, 0) is 20.8 Å². The molecule has 108 valence electrons. The van der Waals surface area contributed by atoms with Crippen molar-refractivity contribution in [2.45, 2.75) is 33.4 Å². The third-order valence-corrected chi connectivity index (χ3v) is 3.27. The Bertz CT molecular complexity index is 572. The Balaban J connectivity index is 2.12. The number of nitrogens with zero attached hydrogens (tertiary/aromatic N) is 4. The van der Waals surface area contributed by atoms with Crippen LogP contribution in [-0.2, 0) is 6.54 Å². The zero-order valence-corrected chi connectivity index (χ0v) is 12.4. The summed E-state index contributed by atoms with van der Waals surface area (Å²) in [5, 5.41) is 3.11. The van der Waals surface area contributed by atoms with E-state index in [1.807, 2.05) is 20.8 Å². The van der Waals surface area contributed by atoms with E-state index in [4.69, 9.17) is 10.6 Å². The highest BCUT2D eigenvalue weighted by atomic mass is 32.1. The SMILES string of the molecule is Cc1ncsc1CNc1nc(NN)nc(OC(C)C)n1. The zero-order valence-electron chi connectivity index (χ0n) is 11.5. The van der Waals surface area contributed by atoms with Gasteiger partial charge in [0.1, 0.15) is 0 Å². The lowest BCUT2D eigenvalue weighted by Crippen LogP contribution is -2.16. The van der Waals surface area contributed by atoms with Gasteiger partial charge in [-0.15, -0.1) is 11.3 Å². The van der Waals surface area contributed by atoms with Crippen LogP contribution in [0.15, 0.2) is 5.51 Å². The summed E-state index contributed by atoms with van der Waals surface area (Å²) in [6, 6.07) is 0.228. The molecule has 0 aromatic carbocycles. The molecule has 0 amide bonds. The smallest absolute Gasteiger partial charge is 0.323 e. The standard InChI is InChI=1S/C11H17N7OS/c1-6(2)19-11-16-9(15-10(17-11)18-12)13-4-8-7(3)14-5-20-8/h5-6H,4,12H2,1-3H3,(H2,13,15,16,17,18). The van der Waals surface area contributed by atoms with Gasteiger partial charge in [0.15, 0.2) is 0 Å². The Kier molecular flexibility index (Phi) is 4.64. The molecule has 0 aliphatic carbocycles. The maximum atomic E-state index is 5.45. The molecule has 0 saturated heterocycles. The Morgan fingerprint density at radius 1 is 1.30 bits per heavy atom. The molecular formula is C11H17N7OS. The van der Waals surface area contributed by atoms with E-state index < -0.39 is 0 Å². The van der Waals surface area contributed by atoms with Crippen LogP contribution in [0.3, 0.4) is 0 Å². The van der Waals surface area contributed by atoms with Crippen LogP contribution in [0.5, 0.6) is 6.01 Å². The van der Waals surface area contributed by atoms with Crippen LogP contribution in [0.25, 0.3) is 0 Å². The molecule has 0 spiro atoms. The summed E-state index contributed by atoms with van der Waals surface area (Å²) in [7, 11) is 0. The summed E-state index contributed by atoms with van der Waals surface area (Å²) in [6.07, 6.45) is -0.0281. The molecule has 9 heteroatoms. The van der Waals surface area contributed by atoms with Crippen molar-refractivity contribution >= 4 is 23.2 Å². The number of nitrogen functional groups attached to an aromatic ring is 1. The number of hydrogen-bond acceptors (Lipinski definition) is 9. The summed E-state index contributed by atoms with van der Waals surface area (Å²) < 4.78 is 5.45. The number of ether oxygens (including phenoxy) is 1. The number of aryl methyl sites for hydroxylation is 1. The number of thiazole rings is 1. The number of hydrazine groups is 1. The van der Waals surface area contributed by atoms with Crippen LogP contribution in [0.4, 0.5) is 11.9 Å². The minimum Gasteiger partial charge on any atom is -0.461 e. The third kappa shape index (κ3) is 3.75. The van der Waals surface area contributed by atoms with Gasteiger partial charge < -0.3 is 10.1 Å². The molecule has 4 N–H and O–H groups in total. The Hall–Kier alpha value is -2.00. The van der Waals surface area contributed by atoms with Crippen LogP contribution in [0.2, 0.25) is 0 Å². The van der Waals surface area contributed by atoms with E-state index in [2.05, 4.69) is 30.7 Å². The van der Waals surface area contributed by atoms with Crippen molar-refractivity contribution in [1.29, 1.82) is 0 Å². The third-order valence-electron chi connectivity index (χ3n) is 2.34. The number of nitrogens with one attached hydrogen (secondary N) is 2. The first-order valence-electron chi connectivity index (χ1n) is 6.10. The normalized spacial score (nSPS) is 10.7. The summed E-state index contributed by atoms with van der Waals surface area (Å²) in [5.74, 6) is 5.99. The van der Waals surface area contributed by atoms with E-state index in [0.29, 0.717) is 12.5 Å². The minimum absolute atomic E-state index is 0.0281. The molecule has 0 bridgehead atoms. The van der Waals surface area contributed by atoms with Gasteiger partial charge in [0.25, 0.3) is 0 Å². The summed E-state index contributed by atoms with van der Waals surface area (Å²) >= 11 is 1.58. The first kappa shape index (κ1) is 14.4. The Labute approximate surface area is 120 Å². The number of nitrogens with two attached hydrogens (primary N) is 1. The first-order chi connectivity index (χ1) is 9.58. The van der Waals surface area contributed by atoms with Crippen molar-refractivity contribution in [3.8, 4) is 6.01 Å². The fourth-order valence-corrected chi connectivity index (χ4v) is 2.14. The van der Waals surface area contributed by atoms with Crippen LogP contribution in [0.1, 0.15) is 24.4 Å². The highest BCUT2D eigenvalue weighted by molar-refractivity contribution is 7.09. The fraction of sp³-hybridized carbons (Fsp3) is 0.455. The van der Waals surface area contributed by atoms with Gasteiger partial charge in [0, 0.05) is 4.88 Å². The molecular weight excluding hydrogens is 278 g/mol. The van der Waals surface area contributed by atoms with E-state index in [9.17, 15) is 0 Å². The Morgan fingerprint density at radius 2 is 2.05 bits per heavy atom. The average molecular weight is 295 g/mol. The molecule has 0 atom stereocenters. The van der Waals surface area contributed by atoms with Gasteiger partial charge in [-0.1, -0.05) is 0 Å². The highest BCUT2D eigenvalue weighted by Crippen LogP contribution is 2.16. The largest absolute Gasteiger partial charge is 0.461 e. The number of anilines is 2. The van der Waals surface area contributed by atoms with Gasteiger partial charge in [-0.3, -0.25) is 5.43 Å². The van der Waals surface area contributed by atoms with Gasteiger partial charge in [0.2, 0.25) is 11.9 Å². The van der Waals surface area contributed by atoms with Gasteiger partial charge in [0.05, 0.1) is 23.9 Å². The lowest BCUT2D eigenvalue weighted by molar-refractivity contribution is 0.222. The molecule has 0 fully saturated rings. The zero-order chi connectivity index (χ0) is 14.5. The summed E-state index contributed by atoms with van der Waals surface area (Å²) in [6.45, 7) is 6.34. The van der Waals surface area contributed by atoms with Crippen molar-refractivity contribution in [2.24, 2.45) is 5.84 Å². The molecule has 0 radical (unpaired) electrons. The fourth-order valence-electron chi connectivity index (χ4n) is 1.42. The second-order valence-electron chi connectivity index (χ2n) is 4.29. The highest BCUT2D eigenvalue weighted by Gasteiger charge is 2.09. The maximum absolute atomic E-state index is 5.45. The number of rotatable bonds is 6. The summed E-state index contributed by atoms with van der Waals surface area (Å²) in [4.78, 5) is 17.6. The van der Waals surface area contributed by atoms with Crippen molar-refractivity contribution in [3.05, 3.63) is 16.1 Å². The van der Waals surface area contributed by atoms with Crippen LogP contribution in [0, 0.1) is 6.92 Å². The van der Waals surface area contributed by atoms with E-state index in [-0.39, 0.29) is 18.1 Å². The molecule has 8 nitrogen and oxygen atoms in total. The second kappa shape index (κ2) is 6.44. The molecule has 0 unspecified atom stereocenters. The van der Waals surface area contributed by atoms with Crippen molar-refractivity contribution in [2.75, 3.05) is 10.7 Å². The second-order valence-corrected chi connectivity index (χ2v) is 5.23. The van der Waals surface area contributed by atoms with Gasteiger partial charge >= 0.3 is 6.01 Å². The topological polar surface area (TPSA) is 111 Å². The van der Waals surface area contributed by atoms with Gasteiger partial charge in [-0.2, -0.15) is 15.0 Å².